The highest BCUT2D eigenvalue weighted by Gasteiger charge is 2.35. The van der Waals surface area contributed by atoms with Crippen LogP contribution in [0.4, 0.5) is 5.69 Å². The lowest BCUT2D eigenvalue weighted by Gasteiger charge is -2.33. The molecule has 0 spiro atoms. The standard InChI is InChI=1S/C30H32N2O5/c1-19-7-11-24(17-20(19)2)32(30(35)22-10-14-26-27(18-22)37-16-15-36-26)28(21-8-12-25(33)13-9-21)29(34)31-23-5-3-4-6-23/h7-14,17-18,23,28,33H,3-6,15-16H2,1-2H3,(H,31,34). The number of ether oxygens (including phenoxy) is 2. The second-order valence-corrected chi connectivity index (χ2v) is 9.79. The van der Waals surface area contributed by atoms with Gasteiger partial charge in [0.15, 0.2) is 11.5 Å². The van der Waals surface area contributed by atoms with Gasteiger partial charge in [0.25, 0.3) is 5.91 Å². The maximum absolute atomic E-state index is 14.3. The Hall–Kier alpha value is -4.00. The first-order valence-corrected chi connectivity index (χ1v) is 12.8. The van der Waals surface area contributed by atoms with E-state index in [9.17, 15) is 14.7 Å². The summed E-state index contributed by atoms with van der Waals surface area (Å²) in [5, 5.41) is 13.1. The summed E-state index contributed by atoms with van der Waals surface area (Å²) in [6.07, 6.45) is 4.00. The Bertz CT molecular complexity index is 1300. The van der Waals surface area contributed by atoms with Gasteiger partial charge >= 0.3 is 0 Å². The summed E-state index contributed by atoms with van der Waals surface area (Å²) in [7, 11) is 0. The molecule has 0 bridgehead atoms. The van der Waals surface area contributed by atoms with Gasteiger partial charge in [0.1, 0.15) is 25.0 Å². The molecule has 2 aliphatic rings. The summed E-state index contributed by atoms with van der Waals surface area (Å²) in [5.41, 5.74) is 3.71. The molecule has 37 heavy (non-hydrogen) atoms. The van der Waals surface area contributed by atoms with Crippen molar-refractivity contribution in [2.45, 2.75) is 51.6 Å². The summed E-state index contributed by atoms with van der Waals surface area (Å²) >= 11 is 0. The van der Waals surface area contributed by atoms with Crippen LogP contribution in [0, 0.1) is 13.8 Å². The van der Waals surface area contributed by atoms with Crippen molar-refractivity contribution in [1.29, 1.82) is 0 Å². The third kappa shape index (κ3) is 5.26. The number of carbonyl (C=O) groups is 2. The van der Waals surface area contributed by atoms with E-state index in [4.69, 9.17) is 9.47 Å². The van der Waals surface area contributed by atoms with Gasteiger partial charge in [-0.3, -0.25) is 14.5 Å². The lowest BCUT2D eigenvalue weighted by Crippen LogP contribution is -2.46. The molecule has 1 fully saturated rings. The summed E-state index contributed by atoms with van der Waals surface area (Å²) in [6, 6.07) is 16.5. The molecule has 3 aromatic rings. The van der Waals surface area contributed by atoms with Crippen molar-refractivity contribution in [3.8, 4) is 17.2 Å². The molecular weight excluding hydrogens is 468 g/mol. The number of phenolic OH excluding ortho intramolecular Hbond substituents is 1. The lowest BCUT2D eigenvalue weighted by molar-refractivity contribution is -0.123. The number of fused-ring (bicyclic) bond motifs is 1. The van der Waals surface area contributed by atoms with Crippen LogP contribution in [0.3, 0.4) is 0 Å². The zero-order valence-corrected chi connectivity index (χ0v) is 21.2. The number of phenols is 1. The second kappa shape index (κ2) is 10.5. The number of nitrogens with zero attached hydrogens (tertiary/aromatic N) is 1. The van der Waals surface area contributed by atoms with Gasteiger partial charge in [-0.05, 0) is 85.8 Å². The van der Waals surface area contributed by atoms with Gasteiger partial charge in [-0.25, -0.2) is 0 Å². The van der Waals surface area contributed by atoms with Crippen LogP contribution in [0.25, 0.3) is 0 Å². The number of aryl methyl sites for hydroxylation is 2. The normalized spacial score (nSPS) is 15.7. The maximum atomic E-state index is 14.3. The van der Waals surface area contributed by atoms with Crippen molar-refractivity contribution in [1.82, 2.24) is 5.32 Å². The van der Waals surface area contributed by atoms with E-state index in [1.54, 1.807) is 35.2 Å². The molecule has 2 N–H and O–H groups in total. The number of rotatable bonds is 6. The van der Waals surface area contributed by atoms with Gasteiger partial charge < -0.3 is 19.9 Å². The van der Waals surface area contributed by atoms with Crippen molar-refractivity contribution < 1.29 is 24.2 Å². The smallest absolute Gasteiger partial charge is 0.259 e. The molecule has 1 unspecified atom stereocenters. The van der Waals surface area contributed by atoms with E-state index in [1.807, 2.05) is 32.0 Å². The topological polar surface area (TPSA) is 88.1 Å². The molecule has 1 atom stereocenters. The molecule has 1 aliphatic carbocycles. The van der Waals surface area contributed by atoms with Crippen molar-refractivity contribution in [2.24, 2.45) is 0 Å². The van der Waals surface area contributed by atoms with Gasteiger partial charge in [0.2, 0.25) is 5.91 Å². The molecule has 1 saturated carbocycles. The van der Waals surface area contributed by atoms with E-state index in [0.717, 1.165) is 36.8 Å². The monoisotopic (exact) mass is 500 g/mol. The number of amides is 2. The number of anilines is 1. The van der Waals surface area contributed by atoms with E-state index in [2.05, 4.69) is 5.32 Å². The quantitative estimate of drug-likeness (QED) is 0.484. The molecule has 1 aliphatic heterocycles. The molecule has 3 aromatic carbocycles. The van der Waals surface area contributed by atoms with Gasteiger partial charge in [0.05, 0.1) is 0 Å². The Morgan fingerprint density at radius 2 is 1.59 bits per heavy atom. The minimum absolute atomic E-state index is 0.0816. The van der Waals surface area contributed by atoms with Crippen LogP contribution in [0.1, 0.15) is 58.8 Å². The summed E-state index contributed by atoms with van der Waals surface area (Å²) in [6.45, 7) is 4.86. The Balaban J connectivity index is 1.62. The zero-order chi connectivity index (χ0) is 25.9. The third-order valence-electron chi connectivity index (χ3n) is 7.19. The fraction of sp³-hybridized carbons (Fsp3) is 0.333. The van der Waals surface area contributed by atoms with Crippen molar-refractivity contribution in [3.63, 3.8) is 0 Å². The first kappa shape index (κ1) is 24.7. The minimum atomic E-state index is -0.941. The van der Waals surface area contributed by atoms with Gasteiger partial charge in [0, 0.05) is 17.3 Å². The molecule has 0 aromatic heterocycles. The molecule has 0 saturated heterocycles. The van der Waals surface area contributed by atoms with Crippen LogP contribution < -0.4 is 19.7 Å². The molecule has 5 rings (SSSR count). The van der Waals surface area contributed by atoms with E-state index < -0.39 is 6.04 Å². The number of aromatic hydroxyl groups is 1. The van der Waals surface area contributed by atoms with Crippen LogP contribution in [-0.2, 0) is 4.79 Å². The van der Waals surface area contributed by atoms with E-state index in [1.165, 1.54) is 12.1 Å². The zero-order valence-electron chi connectivity index (χ0n) is 21.2. The van der Waals surface area contributed by atoms with Crippen LogP contribution >= 0.6 is 0 Å². The molecule has 0 radical (unpaired) electrons. The van der Waals surface area contributed by atoms with Gasteiger partial charge in [-0.1, -0.05) is 31.0 Å². The molecule has 2 amide bonds. The SMILES string of the molecule is Cc1ccc(N(C(=O)c2ccc3c(c2)OCCO3)C(C(=O)NC2CCCC2)c2ccc(O)cc2)cc1C. The Kier molecular flexibility index (Phi) is 7.04. The van der Waals surface area contributed by atoms with Gasteiger partial charge in [-0.15, -0.1) is 0 Å². The first-order valence-electron chi connectivity index (χ1n) is 12.8. The average molecular weight is 501 g/mol. The fourth-order valence-electron chi connectivity index (χ4n) is 5.00. The molecule has 7 heteroatoms. The maximum Gasteiger partial charge on any atom is 0.259 e. The van der Waals surface area contributed by atoms with E-state index in [0.29, 0.717) is 41.5 Å². The summed E-state index contributed by atoms with van der Waals surface area (Å²) < 4.78 is 11.4. The Labute approximate surface area is 217 Å². The lowest BCUT2D eigenvalue weighted by atomic mass is 9.99. The molecule has 1 heterocycles. The van der Waals surface area contributed by atoms with Crippen LogP contribution in [0.15, 0.2) is 60.7 Å². The number of carbonyl (C=O) groups excluding carboxylic acids is 2. The fourth-order valence-corrected chi connectivity index (χ4v) is 5.00. The molecule has 7 nitrogen and oxygen atoms in total. The van der Waals surface area contributed by atoms with Crippen molar-refractivity contribution in [2.75, 3.05) is 18.1 Å². The number of hydrogen-bond donors (Lipinski definition) is 2. The Morgan fingerprint density at radius 3 is 2.30 bits per heavy atom. The summed E-state index contributed by atoms with van der Waals surface area (Å²) in [5.74, 6) is 0.611. The highest BCUT2D eigenvalue weighted by molar-refractivity contribution is 6.10. The van der Waals surface area contributed by atoms with Gasteiger partial charge in [-0.2, -0.15) is 0 Å². The third-order valence-corrected chi connectivity index (χ3v) is 7.19. The highest BCUT2D eigenvalue weighted by Crippen LogP contribution is 2.35. The highest BCUT2D eigenvalue weighted by atomic mass is 16.6. The largest absolute Gasteiger partial charge is 0.508 e. The van der Waals surface area contributed by atoms with E-state index in [-0.39, 0.29) is 23.6 Å². The van der Waals surface area contributed by atoms with Crippen LogP contribution in [0.5, 0.6) is 17.2 Å². The molecular formula is C30H32N2O5. The van der Waals surface area contributed by atoms with Crippen LogP contribution in [-0.4, -0.2) is 36.2 Å². The summed E-state index contributed by atoms with van der Waals surface area (Å²) in [4.78, 5) is 29.7. The predicted octanol–water partition coefficient (Wildman–Crippen LogP) is 5.23. The minimum Gasteiger partial charge on any atom is -0.508 e. The van der Waals surface area contributed by atoms with E-state index >= 15 is 0 Å². The second-order valence-electron chi connectivity index (χ2n) is 9.79. The first-order chi connectivity index (χ1) is 17.9. The molecule has 192 valence electrons. The Morgan fingerprint density at radius 1 is 0.892 bits per heavy atom. The predicted molar refractivity (Wildman–Crippen MR) is 141 cm³/mol. The number of hydrogen-bond acceptors (Lipinski definition) is 5. The number of nitrogens with one attached hydrogen (secondary N) is 1. The van der Waals surface area contributed by atoms with Crippen molar-refractivity contribution in [3.05, 3.63) is 82.9 Å². The number of benzene rings is 3. The average Bonchev–Trinajstić information content (AvgIpc) is 3.42. The van der Waals surface area contributed by atoms with Crippen LogP contribution in [0.2, 0.25) is 0 Å². The van der Waals surface area contributed by atoms with Crippen molar-refractivity contribution >= 4 is 17.5 Å².